The van der Waals surface area contributed by atoms with Gasteiger partial charge >= 0.3 is 6.18 Å². The largest absolute Gasteiger partial charge is 0.458 e. The molecule has 0 aromatic heterocycles. The molecule has 0 amide bonds. The molecule has 1 aliphatic carbocycles. The summed E-state index contributed by atoms with van der Waals surface area (Å²) in [6, 6.07) is 2.24. The lowest BCUT2D eigenvalue weighted by atomic mass is 9.78. The second kappa shape index (κ2) is 12.2. The van der Waals surface area contributed by atoms with Crippen molar-refractivity contribution < 1.29 is 31.4 Å². The number of ether oxygens (including phenoxy) is 2. The van der Waals surface area contributed by atoms with Gasteiger partial charge in [-0.25, -0.2) is 8.78 Å². The maximum Gasteiger partial charge on any atom is 0.458 e. The summed E-state index contributed by atoms with van der Waals surface area (Å²) in [5, 5.41) is 0. The van der Waals surface area contributed by atoms with Gasteiger partial charge in [0.15, 0.2) is 6.29 Å². The molecule has 0 bridgehead atoms. The first-order valence-corrected chi connectivity index (χ1v) is 12.1. The summed E-state index contributed by atoms with van der Waals surface area (Å²) in [6.45, 7) is 3.64. The van der Waals surface area contributed by atoms with Crippen LogP contribution < -0.4 is 0 Å². The first kappa shape index (κ1) is 26.0. The van der Waals surface area contributed by atoms with Crippen LogP contribution in [-0.2, 0) is 9.47 Å². The average molecular weight is 473 g/mol. The van der Waals surface area contributed by atoms with Crippen LogP contribution >= 0.6 is 0 Å². The monoisotopic (exact) mass is 472 g/mol. The van der Waals surface area contributed by atoms with E-state index in [1.54, 1.807) is 5.92 Å². The van der Waals surface area contributed by atoms with E-state index in [0.717, 1.165) is 63.4 Å². The summed E-state index contributed by atoms with van der Waals surface area (Å²) < 4.78 is 77.2. The molecule has 1 aliphatic heterocycles. The minimum atomic E-state index is -4.80. The molecule has 2 nitrogen and oxygen atoms in total. The van der Waals surface area contributed by atoms with Crippen LogP contribution in [0.3, 0.4) is 0 Å². The molecule has 1 heterocycles. The third-order valence-electron chi connectivity index (χ3n) is 6.73. The van der Waals surface area contributed by atoms with Crippen LogP contribution in [0.25, 0.3) is 0 Å². The third kappa shape index (κ3) is 7.96. The van der Waals surface area contributed by atoms with Gasteiger partial charge in [-0.15, -0.1) is 0 Å². The summed E-state index contributed by atoms with van der Waals surface area (Å²) in [5.74, 6) is 1.04. The maximum absolute atomic E-state index is 14.2. The zero-order chi connectivity index (χ0) is 23.8. The van der Waals surface area contributed by atoms with Gasteiger partial charge in [0.25, 0.3) is 0 Å². The Bertz CT molecular complexity index is 787. The van der Waals surface area contributed by atoms with Crippen LogP contribution in [0.1, 0.15) is 88.2 Å². The third-order valence-corrected chi connectivity index (χ3v) is 6.73. The zero-order valence-electron chi connectivity index (χ0n) is 19.2. The van der Waals surface area contributed by atoms with E-state index >= 15 is 0 Å². The van der Waals surface area contributed by atoms with Crippen LogP contribution in [0.2, 0.25) is 0 Å². The molecule has 1 aromatic rings. The molecule has 3 rings (SSSR count). The van der Waals surface area contributed by atoms with Crippen LogP contribution in [0, 0.1) is 35.3 Å². The van der Waals surface area contributed by atoms with Gasteiger partial charge in [0, 0.05) is 17.8 Å². The van der Waals surface area contributed by atoms with E-state index in [2.05, 4.69) is 6.92 Å². The van der Waals surface area contributed by atoms with Gasteiger partial charge in [0.2, 0.25) is 0 Å². The SMILES string of the molecule is CCCCCCCC1COC(C2CCC(c3cc(F)c(C#CC(F)(F)F)c(F)c3)CC2)OC1. The lowest BCUT2D eigenvalue weighted by Crippen LogP contribution is -2.38. The highest BCUT2D eigenvalue weighted by Crippen LogP contribution is 2.39. The molecule has 1 aromatic carbocycles. The molecule has 33 heavy (non-hydrogen) atoms. The Morgan fingerprint density at radius 1 is 0.909 bits per heavy atom. The normalized spacial score (nSPS) is 26.0. The van der Waals surface area contributed by atoms with Crippen LogP contribution in [0.5, 0.6) is 0 Å². The first-order valence-electron chi connectivity index (χ1n) is 12.1. The fourth-order valence-corrected chi connectivity index (χ4v) is 4.84. The van der Waals surface area contributed by atoms with Crippen molar-refractivity contribution in [3.63, 3.8) is 0 Å². The molecule has 0 radical (unpaired) electrons. The molecule has 1 saturated carbocycles. The average Bonchev–Trinajstić information content (AvgIpc) is 2.78. The fourth-order valence-electron chi connectivity index (χ4n) is 4.84. The van der Waals surface area contributed by atoms with Crippen LogP contribution in [0.4, 0.5) is 22.0 Å². The van der Waals surface area contributed by atoms with Gasteiger partial charge in [-0.1, -0.05) is 44.9 Å². The summed E-state index contributed by atoms with van der Waals surface area (Å²) in [5.41, 5.74) is -0.372. The minimum Gasteiger partial charge on any atom is -0.352 e. The fraction of sp³-hybridized carbons (Fsp3) is 0.692. The van der Waals surface area contributed by atoms with Crippen molar-refractivity contribution in [2.45, 2.75) is 89.5 Å². The minimum absolute atomic E-state index is 0.0469. The van der Waals surface area contributed by atoms with E-state index in [9.17, 15) is 22.0 Å². The van der Waals surface area contributed by atoms with Gasteiger partial charge in [-0.3, -0.25) is 0 Å². The quantitative estimate of drug-likeness (QED) is 0.222. The molecule has 2 aliphatic rings. The number of hydrogen-bond donors (Lipinski definition) is 0. The van der Waals surface area contributed by atoms with E-state index in [1.807, 2.05) is 0 Å². The van der Waals surface area contributed by atoms with Crippen molar-refractivity contribution in [3.05, 3.63) is 34.9 Å². The Morgan fingerprint density at radius 2 is 1.52 bits per heavy atom. The van der Waals surface area contributed by atoms with Crippen molar-refractivity contribution in [1.82, 2.24) is 0 Å². The number of hydrogen-bond acceptors (Lipinski definition) is 2. The molecular weight excluding hydrogens is 439 g/mol. The lowest BCUT2D eigenvalue weighted by Gasteiger charge is -2.37. The Balaban J connectivity index is 1.46. The van der Waals surface area contributed by atoms with E-state index in [-0.39, 0.29) is 18.1 Å². The zero-order valence-corrected chi connectivity index (χ0v) is 19.2. The highest BCUT2D eigenvalue weighted by Gasteiger charge is 2.33. The van der Waals surface area contributed by atoms with Gasteiger partial charge < -0.3 is 9.47 Å². The van der Waals surface area contributed by atoms with Crippen molar-refractivity contribution in [2.75, 3.05) is 13.2 Å². The topological polar surface area (TPSA) is 18.5 Å². The molecule has 0 unspecified atom stereocenters. The second-order valence-electron chi connectivity index (χ2n) is 9.32. The van der Waals surface area contributed by atoms with E-state index in [4.69, 9.17) is 9.47 Å². The molecule has 184 valence electrons. The van der Waals surface area contributed by atoms with Crippen LogP contribution in [0.15, 0.2) is 12.1 Å². The van der Waals surface area contributed by atoms with Crippen LogP contribution in [-0.4, -0.2) is 25.7 Å². The smallest absolute Gasteiger partial charge is 0.352 e. The molecule has 0 N–H and O–H groups in total. The second-order valence-corrected chi connectivity index (χ2v) is 9.32. The molecule has 2 fully saturated rings. The molecule has 0 atom stereocenters. The Labute approximate surface area is 193 Å². The standard InChI is InChI=1S/C26H33F5O2/c1-2-3-4-5-6-7-18-16-32-25(33-17-18)20-10-8-19(9-11-20)21-14-23(27)22(24(28)15-21)12-13-26(29,30)31/h14-15,18-20,25H,2-11,16-17H2,1H3. The van der Waals surface area contributed by atoms with Crippen molar-refractivity contribution >= 4 is 0 Å². The van der Waals surface area contributed by atoms with Crippen molar-refractivity contribution in [3.8, 4) is 11.8 Å². The van der Waals surface area contributed by atoms with Gasteiger partial charge in [0.1, 0.15) is 11.6 Å². The highest BCUT2D eigenvalue weighted by molar-refractivity contribution is 5.40. The Kier molecular flexibility index (Phi) is 9.57. The number of benzene rings is 1. The summed E-state index contributed by atoms with van der Waals surface area (Å²) >= 11 is 0. The number of unbranched alkanes of at least 4 members (excludes halogenated alkanes) is 4. The van der Waals surface area contributed by atoms with E-state index in [1.165, 1.54) is 32.1 Å². The van der Waals surface area contributed by atoms with E-state index < -0.39 is 23.4 Å². The predicted molar refractivity (Wildman–Crippen MR) is 117 cm³/mol. The lowest BCUT2D eigenvalue weighted by molar-refractivity contribution is -0.229. The maximum atomic E-state index is 14.2. The van der Waals surface area contributed by atoms with Crippen molar-refractivity contribution in [1.29, 1.82) is 0 Å². The molecule has 1 saturated heterocycles. The highest BCUT2D eigenvalue weighted by atomic mass is 19.4. The van der Waals surface area contributed by atoms with E-state index in [0.29, 0.717) is 11.5 Å². The summed E-state index contributed by atoms with van der Waals surface area (Å²) in [7, 11) is 0. The molecule has 0 spiro atoms. The Hall–Kier alpha value is -1.65. The first-order chi connectivity index (χ1) is 15.8. The van der Waals surface area contributed by atoms with Crippen molar-refractivity contribution in [2.24, 2.45) is 11.8 Å². The predicted octanol–water partition coefficient (Wildman–Crippen LogP) is 7.50. The Morgan fingerprint density at radius 3 is 2.09 bits per heavy atom. The summed E-state index contributed by atoms with van der Waals surface area (Å²) in [6.07, 6.45) is 5.47. The number of halogens is 5. The number of alkyl halides is 3. The molecule has 7 heteroatoms. The molecular formula is C26H33F5O2. The van der Waals surface area contributed by atoms with Gasteiger partial charge in [-0.05, 0) is 55.7 Å². The summed E-state index contributed by atoms with van der Waals surface area (Å²) in [4.78, 5) is 0. The van der Waals surface area contributed by atoms with Gasteiger partial charge in [0.05, 0.1) is 18.8 Å². The van der Waals surface area contributed by atoms with Gasteiger partial charge in [-0.2, -0.15) is 13.2 Å². The number of rotatable bonds is 8.